The summed E-state index contributed by atoms with van der Waals surface area (Å²) >= 11 is 13.2. The minimum Gasteiger partial charge on any atom is -0.417 e. The van der Waals surface area contributed by atoms with E-state index in [1.807, 2.05) is 0 Å². The molecule has 0 radical (unpaired) electrons. The van der Waals surface area contributed by atoms with E-state index < -0.39 is 16.6 Å². The SMILES string of the molecule is CC(C1=CCC(Cl)=C1CCO[Si](C)(C)C)C1=CCC(Cl)=C1CCO[Si](C)(C)C.[Zr]. The van der Waals surface area contributed by atoms with E-state index in [-0.39, 0.29) is 26.2 Å². The third-order valence-electron chi connectivity index (χ3n) is 5.06. The quantitative estimate of drug-likeness (QED) is 0.259. The first-order chi connectivity index (χ1) is 12.9. The van der Waals surface area contributed by atoms with Crippen molar-refractivity contribution in [1.29, 1.82) is 0 Å². The van der Waals surface area contributed by atoms with Gasteiger partial charge in [-0.25, -0.2) is 0 Å². The molecule has 0 aromatic rings. The smallest absolute Gasteiger partial charge is 0.183 e. The van der Waals surface area contributed by atoms with Gasteiger partial charge in [0.1, 0.15) is 0 Å². The molecule has 2 rings (SSSR count). The van der Waals surface area contributed by atoms with Crippen LogP contribution < -0.4 is 0 Å². The van der Waals surface area contributed by atoms with Crippen molar-refractivity contribution in [3.05, 3.63) is 44.5 Å². The van der Waals surface area contributed by atoms with E-state index in [0.717, 1.165) is 49.0 Å². The maximum Gasteiger partial charge on any atom is 0.183 e. The number of rotatable bonds is 10. The van der Waals surface area contributed by atoms with E-state index >= 15 is 0 Å². The Morgan fingerprint density at radius 3 is 1.45 bits per heavy atom. The van der Waals surface area contributed by atoms with Crippen molar-refractivity contribution in [3.8, 4) is 0 Å². The van der Waals surface area contributed by atoms with Crippen LogP contribution in [0, 0.1) is 5.92 Å². The third-order valence-corrected chi connectivity index (χ3v) is 7.97. The largest absolute Gasteiger partial charge is 0.417 e. The molecule has 0 amide bonds. The average molecular weight is 551 g/mol. The van der Waals surface area contributed by atoms with Crippen molar-refractivity contribution >= 4 is 39.8 Å². The van der Waals surface area contributed by atoms with Crippen molar-refractivity contribution in [2.24, 2.45) is 5.92 Å². The van der Waals surface area contributed by atoms with E-state index in [0.29, 0.717) is 5.92 Å². The van der Waals surface area contributed by atoms with Crippen LogP contribution >= 0.6 is 23.2 Å². The summed E-state index contributed by atoms with van der Waals surface area (Å²) in [6, 6.07) is 0. The molecule has 2 aliphatic carbocycles. The van der Waals surface area contributed by atoms with Gasteiger partial charge in [0.05, 0.1) is 0 Å². The van der Waals surface area contributed by atoms with E-state index in [1.165, 1.54) is 22.3 Å². The van der Waals surface area contributed by atoms with Gasteiger partial charge in [0, 0.05) is 68.2 Å². The van der Waals surface area contributed by atoms with Gasteiger partial charge < -0.3 is 8.85 Å². The fourth-order valence-electron chi connectivity index (χ4n) is 3.73. The number of allylic oxidation sites excluding steroid dienone is 6. The summed E-state index contributed by atoms with van der Waals surface area (Å²) in [4.78, 5) is 0. The van der Waals surface area contributed by atoms with Gasteiger partial charge in [-0.2, -0.15) is 0 Å². The molecule has 0 fully saturated rings. The second kappa shape index (κ2) is 11.6. The van der Waals surface area contributed by atoms with Gasteiger partial charge in [-0.1, -0.05) is 42.3 Å². The molecule has 7 heteroatoms. The number of halogens is 2. The van der Waals surface area contributed by atoms with Crippen molar-refractivity contribution in [1.82, 2.24) is 0 Å². The fraction of sp³-hybridized carbons (Fsp3) is 0.636. The molecule has 0 unspecified atom stereocenters. The van der Waals surface area contributed by atoms with Crippen LogP contribution in [-0.4, -0.2) is 29.8 Å². The van der Waals surface area contributed by atoms with Gasteiger partial charge in [0.25, 0.3) is 0 Å². The summed E-state index contributed by atoms with van der Waals surface area (Å²) in [6.07, 6.45) is 8.03. The molecular formula is C22H36Cl2O2Si2Zr. The van der Waals surface area contributed by atoms with E-state index in [2.05, 4.69) is 58.4 Å². The van der Waals surface area contributed by atoms with Crippen molar-refractivity contribution in [2.75, 3.05) is 13.2 Å². The zero-order valence-corrected chi connectivity index (χ0v) is 25.0. The van der Waals surface area contributed by atoms with E-state index in [4.69, 9.17) is 32.1 Å². The standard InChI is InChI=1S/C22H36Cl2O2Si2.Zr/c1-16(17-8-10-21(23)19(17)12-14-25-27(2,3)4)18-9-11-22(24)20(18)13-15-26-28(5,6)7;/h8-9,16H,10-15H2,1-7H3;. The monoisotopic (exact) mass is 548 g/mol. The number of hydrogen-bond acceptors (Lipinski definition) is 2. The van der Waals surface area contributed by atoms with Gasteiger partial charge >= 0.3 is 0 Å². The molecule has 0 atom stereocenters. The molecule has 0 N–H and O–H groups in total. The van der Waals surface area contributed by atoms with Gasteiger partial charge in [0.15, 0.2) is 16.6 Å². The van der Waals surface area contributed by atoms with Gasteiger partial charge in [-0.05, 0) is 74.4 Å². The maximum absolute atomic E-state index is 6.58. The zero-order chi connectivity index (χ0) is 21.1. The fourth-order valence-corrected chi connectivity index (χ4v) is 5.72. The Balaban J connectivity index is 0.00000420. The first kappa shape index (κ1) is 27.8. The molecule has 0 spiro atoms. The summed E-state index contributed by atoms with van der Waals surface area (Å²) in [7, 11) is -3.02. The minimum atomic E-state index is -1.51. The molecule has 29 heavy (non-hydrogen) atoms. The minimum absolute atomic E-state index is 0. The summed E-state index contributed by atoms with van der Waals surface area (Å²) in [5, 5.41) is 1.94. The van der Waals surface area contributed by atoms with Crippen LogP contribution in [0.1, 0.15) is 32.6 Å². The molecule has 2 aliphatic rings. The Morgan fingerprint density at radius 1 is 0.793 bits per heavy atom. The van der Waals surface area contributed by atoms with Crippen LogP contribution in [0.2, 0.25) is 39.3 Å². The summed E-state index contributed by atoms with van der Waals surface area (Å²) in [5.74, 6) is 0.302. The molecule has 2 nitrogen and oxygen atoms in total. The van der Waals surface area contributed by atoms with Crippen LogP contribution in [0.4, 0.5) is 0 Å². The topological polar surface area (TPSA) is 18.5 Å². The maximum atomic E-state index is 6.58. The van der Waals surface area contributed by atoms with Crippen molar-refractivity contribution < 1.29 is 35.1 Å². The predicted molar refractivity (Wildman–Crippen MR) is 128 cm³/mol. The van der Waals surface area contributed by atoms with Gasteiger partial charge in [-0.3, -0.25) is 0 Å². The Kier molecular flexibility index (Phi) is 11.1. The Bertz CT molecular complexity index is 653. The van der Waals surface area contributed by atoms with E-state index in [9.17, 15) is 0 Å². The molecule has 0 heterocycles. The Morgan fingerprint density at radius 2 is 1.14 bits per heavy atom. The second-order valence-corrected chi connectivity index (χ2v) is 19.6. The molecule has 162 valence electrons. The van der Waals surface area contributed by atoms with E-state index in [1.54, 1.807) is 0 Å². The molecular weight excluding hydrogens is 515 g/mol. The zero-order valence-electron chi connectivity index (χ0n) is 19.0. The van der Waals surface area contributed by atoms with Gasteiger partial charge in [-0.15, -0.1) is 0 Å². The molecule has 0 saturated heterocycles. The normalized spacial score (nSPS) is 17.9. The first-order valence-corrected chi connectivity index (χ1v) is 17.9. The number of hydrogen-bond donors (Lipinski definition) is 0. The average Bonchev–Trinajstić information content (AvgIpc) is 3.09. The van der Waals surface area contributed by atoms with Gasteiger partial charge in [0.2, 0.25) is 0 Å². The van der Waals surface area contributed by atoms with Crippen LogP contribution in [0.3, 0.4) is 0 Å². The molecule has 0 aromatic heterocycles. The van der Waals surface area contributed by atoms with Crippen LogP contribution in [0.15, 0.2) is 44.5 Å². The van der Waals surface area contributed by atoms with Crippen LogP contribution in [0.25, 0.3) is 0 Å². The molecule has 0 bridgehead atoms. The van der Waals surface area contributed by atoms with Crippen LogP contribution in [-0.2, 0) is 35.1 Å². The van der Waals surface area contributed by atoms with Crippen LogP contribution in [0.5, 0.6) is 0 Å². The Hall–Kier alpha value is 0.777. The molecule has 0 aromatic carbocycles. The molecule has 0 aliphatic heterocycles. The van der Waals surface area contributed by atoms with Crippen molar-refractivity contribution in [2.45, 2.75) is 71.9 Å². The van der Waals surface area contributed by atoms with Crippen molar-refractivity contribution in [3.63, 3.8) is 0 Å². The summed E-state index contributed by atoms with van der Waals surface area (Å²) in [6.45, 7) is 17.1. The summed E-state index contributed by atoms with van der Waals surface area (Å²) < 4.78 is 12.2. The molecule has 0 saturated carbocycles. The second-order valence-electron chi connectivity index (χ2n) is 9.64. The predicted octanol–water partition coefficient (Wildman–Crippen LogP) is 7.75. The first-order valence-electron chi connectivity index (χ1n) is 10.3. The third kappa shape index (κ3) is 8.67. The summed E-state index contributed by atoms with van der Waals surface area (Å²) in [5.41, 5.74) is 5.25. The Labute approximate surface area is 209 Å².